The van der Waals surface area contributed by atoms with Crippen LogP contribution < -0.4 is 0 Å². The highest BCUT2D eigenvalue weighted by molar-refractivity contribution is 6.96. The topological polar surface area (TPSA) is 0 Å². The van der Waals surface area contributed by atoms with Crippen LogP contribution in [0.3, 0.4) is 0 Å². The first-order valence-electron chi connectivity index (χ1n) is 3.93. The van der Waals surface area contributed by atoms with Gasteiger partial charge in [-0.2, -0.15) is 11.1 Å². The highest BCUT2D eigenvalue weighted by Gasteiger charge is 1.83. The maximum atomic E-state index is 5.48. The van der Waals surface area contributed by atoms with Crippen molar-refractivity contribution < 1.29 is 0 Å². The van der Waals surface area contributed by atoms with Gasteiger partial charge in [0.15, 0.2) is 0 Å². The lowest BCUT2D eigenvalue weighted by Gasteiger charge is -1.92. The van der Waals surface area contributed by atoms with Gasteiger partial charge in [-0.1, -0.05) is 38.0 Å². The Morgan fingerprint density at radius 1 is 1.30 bits per heavy atom. The molecule has 0 unspecified atom stereocenters. The molecule has 58 valence electrons. The average molecular weight is 175 g/mol. The van der Waals surface area contributed by atoms with Crippen molar-refractivity contribution in [3.05, 3.63) is 11.8 Å². The van der Waals surface area contributed by atoms with Crippen LogP contribution >= 0.6 is 11.1 Å². The summed E-state index contributed by atoms with van der Waals surface area (Å²) in [6.45, 7) is 2.23. The minimum absolute atomic E-state index is 0.462. The van der Waals surface area contributed by atoms with Crippen LogP contribution in [0.1, 0.15) is 39.0 Å². The fourth-order valence-corrected chi connectivity index (χ4v) is 1.34. The van der Waals surface area contributed by atoms with Gasteiger partial charge in [-0.15, -0.1) is 0 Å². The second kappa shape index (κ2) is 9.25. The molecule has 0 rings (SSSR count). The fourth-order valence-electron chi connectivity index (χ4n) is 0.817. The quantitative estimate of drug-likeness (QED) is 0.329. The van der Waals surface area contributed by atoms with E-state index in [9.17, 15) is 0 Å². The van der Waals surface area contributed by atoms with E-state index in [4.69, 9.17) is 11.1 Å². The fraction of sp³-hybridized carbons (Fsp3) is 0.750. The summed E-state index contributed by atoms with van der Waals surface area (Å²) in [5, 5.41) is 0. The molecule has 0 fully saturated rings. The summed E-state index contributed by atoms with van der Waals surface area (Å²) in [5.74, 6) is 0. The lowest BCUT2D eigenvalue weighted by atomic mass is 10.2. The van der Waals surface area contributed by atoms with Crippen LogP contribution in [-0.2, 0) is 0 Å². The summed E-state index contributed by atoms with van der Waals surface area (Å²) in [6.07, 6.45) is 8.77. The third-order valence-electron chi connectivity index (χ3n) is 1.41. The van der Waals surface area contributed by atoms with Gasteiger partial charge < -0.3 is 0 Å². The molecule has 10 heavy (non-hydrogen) atoms. The molecule has 0 aliphatic rings. The van der Waals surface area contributed by atoms with E-state index in [0.29, 0.717) is 8.83 Å². The van der Waals surface area contributed by atoms with Crippen molar-refractivity contribution in [2.24, 2.45) is 0 Å². The second-order valence-electron chi connectivity index (χ2n) is 2.36. The molecule has 0 aromatic heterocycles. The van der Waals surface area contributed by atoms with Crippen LogP contribution in [-0.4, -0.2) is 8.83 Å². The zero-order valence-corrected chi connectivity index (χ0v) is 8.32. The zero-order valence-electron chi connectivity index (χ0n) is 6.57. The molecule has 0 N–H and O–H groups in total. The molecule has 0 aromatic carbocycles. The Morgan fingerprint density at radius 3 is 2.70 bits per heavy atom. The van der Waals surface area contributed by atoms with Gasteiger partial charge in [-0.3, -0.25) is 0 Å². The van der Waals surface area contributed by atoms with Crippen molar-refractivity contribution in [2.75, 3.05) is 0 Å². The molecule has 2 radical (unpaired) electrons. The maximum Gasteiger partial charge on any atom is 0.202 e. The van der Waals surface area contributed by atoms with Crippen LogP contribution in [0.5, 0.6) is 0 Å². The van der Waals surface area contributed by atoms with E-state index in [2.05, 4.69) is 13.0 Å². The van der Waals surface area contributed by atoms with Crippen molar-refractivity contribution in [3.8, 4) is 0 Å². The van der Waals surface area contributed by atoms with Crippen molar-refractivity contribution in [2.45, 2.75) is 39.0 Å². The molecule has 0 spiro atoms. The molecular formula is C8H15ClSi. The molecule has 0 bridgehead atoms. The van der Waals surface area contributed by atoms with Crippen molar-refractivity contribution in [3.63, 3.8) is 0 Å². The molecule has 0 atom stereocenters. The van der Waals surface area contributed by atoms with Gasteiger partial charge in [0.25, 0.3) is 0 Å². The van der Waals surface area contributed by atoms with Gasteiger partial charge in [0.05, 0.1) is 0 Å². The minimum Gasteiger partial charge on any atom is -0.165 e. The monoisotopic (exact) mass is 174 g/mol. The SMILES string of the molecule is CCCCCC/C=C/[Si]Cl. The molecule has 0 aromatic rings. The number of hydrogen-bond donors (Lipinski definition) is 0. The first-order chi connectivity index (χ1) is 4.91. The predicted molar refractivity (Wildman–Crippen MR) is 49.5 cm³/mol. The van der Waals surface area contributed by atoms with Gasteiger partial charge in [0, 0.05) is 0 Å². The van der Waals surface area contributed by atoms with Crippen LogP contribution in [0.2, 0.25) is 0 Å². The van der Waals surface area contributed by atoms with E-state index in [1.165, 1.54) is 32.1 Å². The maximum absolute atomic E-state index is 5.48. The van der Waals surface area contributed by atoms with Crippen molar-refractivity contribution in [1.29, 1.82) is 0 Å². The van der Waals surface area contributed by atoms with Gasteiger partial charge in [0.1, 0.15) is 0 Å². The molecule has 0 nitrogen and oxygen atoms in total. The summed E-state index contributed by atoms with van der Waals surface area (Å²) in [6, 6.07) is 0. The van der Waals surface area contributed by atoms with Crippen LogP contribution in [0.15, 0.2) is 11.8 Å². The summed E-state index contributed by atoms with van der Waals surface area (Å²) < 4.78 is 0. The lowest BCUT2D eigenvalue weighted by molar-refractivity contribution is 0.675. The highest BCUT2D eigenvalue weighted by atomic mass is 35.6. The Kier molecular flexibility index (Phi) is 9.48. The predicted octanol–water partition coefficient (Wildman–Crippen LogP) is 3.33. The summed E-state index contributed by atoms with van der Waals surface area (Å²) in [4.78, 5) is 0. The lowest BCUT2D eigenvalue weighted by Crippen LogP contribution is -1.74. The third kappa shape index (κ3) is 8.25. The van der Waals surface area contributed by atoms with Gasteiger partial charge >= 0.3 is 0 Å². The first-order valence-corrected chi connectivity index (χ1v) is 6.02. The van der Waals surface area contributed by atoms with E-state index in [-0.39, 0.29) is 0 Å². The molecule has 2 heteroatoms. The molecule has 0 saturated heterocycles. The van der Waals surface area contributed by atoms with Crippen LogP contribution in [0.25, 0.3) is 0 Å². The summed E-state index contributed by atoms with van der Waals surface area (Å²) >= 11 is 5.48. The van der Waals surface area contributed by atoms with Crippen LogP contribution in [0.4, 0.5) is 0 Å². The standard InChI is InChI=1S/C8H15ClSi/c1-2-3-4-5-6-7-8-10-9/h7-8H,2-6H2,1H3/b8-7+. The van der Waals surface area contributed by atoms with E-state index >= 15 is 0 Å². The van der Waals surface area contributed by atoms with E-state index in [1.807, 2.05) is 5.70 Å². The Bertz CT molecular complexity index is 81.3. The van der Waals surface area contributed by atoms with Crippen molar-refractivity contribution in [1.82, 2.24) is 0 Å². The molecular weight excluding hydrogens is 160 g/mol. The largest absolute Gasteiger partial charge is 0.202 e. The summed E-state index contributed by atoms with van der Waals surface area (Å²) in [5.41, 5.74) is 2.05. The molecule has 0 aliphatic carbocycles. The number of rotatable bonds is 6. The highest BCUT2D eigenvalue weighted by Crippen LogP contribution is 2.02. The number of unbranched alkanes of at least 4 members (excludes halogenated alkanes) is 4. The number of hydrogen-bond acceptors (Lipinski definition) is 0. The third-order valence-corrected chi connectivity index (χ3v) is 2.14. The van der Waals surface area contributed by atoms with E-state index < -0.39 is 0 Å². The van der Waals surface area contributed by atoms with Gasteiger partial charge in [-0.05, 0) is 12.8 Å². The Labute approximate surface area is 71.2 Å². The number of allylic oxidation sites excluding steroid dienone is 1. The van der Waals surface area contributed by atoms with Gasteiger partial charge in [0.2, 0.25) is 8.83 Å². The molecule has 0 heterocycles. The average Bonchev–Trinajstić information content (AvgIpc) is 1.97. The normalized spacial score (nSPS) is 11.0. The Hall–Kier alpha value is 0.247. The zero-order chi connectivity index (χ0) is 7.66. The second-order valence-corrected chi connectivity index (χ2v) is 3.57. The Balaban J connectivity index is 2.83. The molecule has 0 aliphatic heterocycles. The Morgan fingerprint density at radius 2 is 2.10 bits per heavy atom. The van der Waals surface area contributed by atoms with E-state index in [0.717, 1.165) is 0 Å². The smallest absolute Gasteiger partial charge is 0.165 e. The molecule has 0 saturated carbocycles. The van der Waals surface area contributed by atoms with Gasteiger partial charge in [-0.25, -0.2) is 0 Å². The minimum atomic E-state index is 0.462. The van der Waals surface area contributed by atoms with E-state index in [1.54, 1.807) is 0 Å². The summed E-state index contributed by atoms with van der Waals surface area (Å²) in [7, 11) is 0.462. The number of halogens is 1. The van der Waals surface area contributed by atoms with Crippen molar-refractivity contribution >= 4 is 19.9 Å². The first kappa shape index (κ1) is 10.2. The molecule has 0 amide bonds. The van der Waals surface area contributed by atoms with Crippen LogP contribution in [0, 0.1) is 0 Å².